The average molecular weight is 202 g/mol. The molecule has 0 saturated heterocycles. The van der Waals surface area contributed by atoms with Gasteiger partial charge in [0.2, 0.25) is 0 Å². The van der Waals surface area contributed by atoms with Crippen LogP contribution in [0.1, 0.15) is 11.3 Å². The summed E-state index contributed by atoms with van der Waals surface area (Å²) in [4.78, 5) is 12.9. The van der Waals surface area contributed by atoms with Gasteiger partial charge in [0.05, 0.1) is 12.5 Å². The zero-order valence-corrected chi connectivity index (χ0v) is 6.85. The molecular formula is C8H5F3N2O. The van der Waals surface area contributed by atoms with Gasteiger partial charge in [-0.3, -0.25) is 4.79 Å². The van der Waals surface area contributed by atoms with Crippen molar-refractivity contribution in [3.8, 4) is 6.07 Å². The number of nitriles is 1. The topological polar surface area (TPSA) is 56.6 Å². The molecular weight excluding hydrogens is 197 g/mol. The summed E-state index contributed by atoms with van der Waals surface area (Å²) in [6, 6.07) is 2.48. The summed E-state index contributed by atoms with van der Waals surface area (Å²) >= 11 is 0. The van der Waals surface area contributed by atoms with Crippen LogP contribution in [0.15, 0.2) is 17.1 Å². The number of hydrogen-bond donors (Lipinski definition) is 1. The molecule has 0 radical (unpaired) electrons. The smallest absolute Gasteiger partial charge is 0.357 e. The molecule has 0 bridgehead atoms. The molecule has 1 aromatic rings. The Labute approximate surface area is 76.8 Å². The lowest BCUT2D eigenvalue weighted by molar-refractivity contribution is -0.141. The van der Waals surface area contributed by atoms with Gasteiger partial charge in [0, 0.05) is 17.8 Å². The Morgan fingerprint density at radius 2 is 2.14 bits per heavy atom. The number of alkyl halides is 3. The highest BCUT2D eigenvalue weighted by Gasteiger charge is 2.35. The SMILES string of the molecule is N#CCc1c(C(F)(F)F)[nH]ccc1=O. The Morgan fingerprint density at radius 3 is 2.64 bits per heavy atom. The maximum atomic E-state index is 12.3. The second-order valence-corrected chi connectivity index (χ2v) is 2.53. The maximum Gasteiger partial charge on any atom is 0.431 e. The van der Waals surface area contributed by atoms with Crippen molar-refractivity contribution >= 4 is 0 Å². The minimum Gasteiger partial charge on any atom is -0.357 e. The summed E-state index contributed by atoms with van der Waals surface area (Å²) in [7, 11) is 0. The van der Waals surface area contributed by atoms with E-state index in [1.165, 1.54) is 6.07 Å². The number of nitrogens with one attached hydrogen (secondary N) is 1. The van der Waals surface area contributed by atoms with E-state index in [1.807, 2.05) is 4.98 Å². The quantitative estimate of drug-likeness (QED) is 0.749. The average Bonchev–Trinajstić information content (AvgIpc) is 2.07. The van der Waals surface area contributed by atoms with Crippen LogP contribution in [0, 0.1) is 11.3 Å². The van der Waals surface area contributed by atoms with Crippen LogP contribution in [-0.4, -0.2) is 4.98 Å². The van der Waals surface area contributed by atoms with Crippen LogP contribution >= 0.6 is 0 Å². The van der Waals surface area contributed by atoms with Crippen LogP contribution in [0.25, 0.3) is 0 Å². The molecule has 0 spiro atoms. The third-order valence-electron chi connectivity index (χ3n) is 1.60. The second kappa shape index (κ2) is 3.54. The molecule has 0 aliphatic carbocycles. The van der Waals surface area contributed by atoms with Crippen molar-refractivity contribution in [2.75, 3.05) is 0 Å². The Balaban J connectivity index is 3.38. The molecule has 0 unspecified atom stereocenters. The number of halogens is 3. The molecule has 1 heterocycles. The highest BCUT2D eigenvalue weighted by molar-refractivity contribution is 5.25. The maximum absolute atomic E-state index is 12.3. The van der Waals surface area contributed by atoms with E-state index in [0.717, 1.165) is 12.3 Å². The summed E-state index contributed by atoms with van der Waals surface area (Å²) in [5.41, 5.74) is -2.47. The van der Waals surface area contributed by atoms with Crippen LogP contribution < -0.4 is 5.43 Å². The molecule has 1 N–H and O–H groups in total. The number of aromatic nitrogens is 1. The predicted molar refractivity (Wildman–Crippen MR) is 41.4 cm³/mol. The van der Waals surface area contributed by atoms with E-state index in [2.05, 4.69) is 0 Å². The monoisotopic (exact) mass is 202 g/mol. The van der Waals surface area contributed by atoms with Gasteiger partial charge in [0.15, 0.2) is 5.43 Å². The first kappa shape index (κ1) is 10.3. The van der Waals surface area contributed by atoms with Crippen LogP contribution in [0.2, 0.25) is 0 Å². The Hall–Kier alpha value is -1.77. The lowest BCUT2D eigenvalue weighted by Crippen LogP contribution is -2.19. The fraction of sp³-hybridized carbons (Fsp3) is 0.250. The van der Waals surface area contributed by atoms with Crippen LogP contribution in [0.4, 0.5) is 13.2 Å². The molecule has 6 heteroatoms. The molecule has 0 amide bonds. The van der Waals surface area contributed by atoms with E-state index in [-0.39, 0.29) is 0 Å². The standard InChI is InChI=1S/C8H5F3N2O/c9-8(10,11)7-5(1-3-12)6(14)2-4-13-7/h2,4H,1H2,(H,13,14). The van der Waals surface area contributed by atoms with Crippen LogP contribution in [-0.2, 0) is 12.6 Å². The number of H-pyrrole nitrogens is 1. The first-order valence-corrected chi connectivity index (χ1v) is 3.61. The largest absolute Gasteiger partial charge is 0.431 e. The summed E-state index contributed by atoms with van der Waals surface area (Å²) in [6.45, 7) is 0. The van der Waals surface area contributed by atoms with E-state index >= 15 is 0 Å². The first-order valence-electron chi connectivity index (χ1n) is 3.61. The number of pyridine rings is 1. The van der Waals surface area contributed by atoms with Crippen molar-refractivity contribution in [3.63, 3.8) is 0 Å². The molecule has 1 aromatic heterocycles. The van der Waals surface area contributed by atoms with Gasteiger partial charge in [-0.05, 0) is 0 Å². The van der Waals surface area contributed by atoms with E-state index < -0.39 is 29.3 Å². The lowest BCUT2D eigenvalue weighted by atomic mass is 10.1. The van der Waals surface area contributed by atoms with Gasteiger partial charge >= 0.3 is 6.18 Å². The second-order valence-electron chi connectivity index (χ2n) is 2.53. The molecule has 0 aliphatic heterocycles. The molecule has 0 saturated carbocycles. The molecule has 0 atom stereocenters. The van der Waals surface area contributed by atoms with E-state index in [0.29, 0.717) is 0 Å². The Kier molecular flexibility index (Phi) is 2.60. The van der Waals surface area contributed by atoms with Gasteiger partial charge in [-0.1, -0.05) is 0 Å². The number of rotatable bonds is 1. The summed E-state index contributed by atoms with van der Waals surface area (Å²) < 4.78 is 36.8. The molecule has 1 rings (SSSR count). The third kappa shape index (κ3) is 1.93. The number of nitrogens with zero attached hydrogens (tertiary/aromatic N) is 1. The van der Waals surface area contributed by atoms with E-state index in [1.54, 1.807) is 0 Å². The van der Waals surface area contributed by atoms with Crippen molar-refractivity contribution in [2.45, 2.75) is 12.6 Å². The molecule has 0 aromatic carbocycles. The van der Waals surface area contributed by atoms with Gasteiger partial charge in [0.1, 0.15) is 5.69 Å². The summed E-state index contributed by atoms with van der Waals surface area (Å²) in [5, 5.41) is 8.26. The van der Waals surface area contributed by atoms with Gasteiger partial charge in [0.25, 0.3) is 0 Å². The van der Waals surface area contributed by atoms with Crippen molar-refractivity contribution in [3.05, 3.63) is 33.7 Å². The third-order valence-corrected chi connectivity index (χ3v) is 1.60. The van der Waals surface area contributed by atoms with Crippen molar-refractivity contribution < 1.29 is 13.2 Å². The Morgan fingerprint density at radius 1 is 1.50 bits per heavy atom. The summed E-state index contributed by atoms with van der Waals surface area (Å²) in [6.07, 6.45) is -4.27. The highest BCUT2D eigenvalue weighted by Crippen LogP contribution is 2.28. The molecule has 0 fully saturated rings. The molecule has 74 valence electrons. The number of hydrogen-bond acceptors (Lipinski definition) is 2. The van der Waals surface area contributed by atoms with Crippen LogP contribution in [0.3, 0.4) is 0 Å². The van der Waals surface area contributed by atoms with Gasteiger partial charge in [-0.15, -0.1) is 0 Å². The van der Waals surface area contributed by atoms with Gasteiger partial charge in [-0.2, -0.15) is 18.4 Å². The number of aromatic amines is 1. The minimum atomic E-state index is -4.63. The molecule has 14 heavy (non-hydrogen) atoms. The predicted octanol–water partition coefficient (Wildman–Crippen LogP) is 1.46. The van der Waals surface area contributed by atoms with Crippen molar-refractivity contribution in [1.82, 2.24) is 4.98 Å². The first-order chi connectivity index (χ1) is 6.46. The van der Waals surface area contributed by atoms with Crippen molar-refractivity contribution in [2.24, 2.45) is 0 Å². The normalized spacial score (nSPS) is 11.0. The minimum absolute atomic E-state index is 0.539. The lowest BCUT2D eigenvalue weighted by Gasteiger charge is -2.09. The zero-order chi connectivity index (χ0) is 10.8. The van der Waals surface area contributed by atoms with Crippen molar-refractivity contribution in [1.29, 1.82) is 5.26 Å². The van der Waals surface area contributed by atoms with E-state index in [9.17, 15) is 18.0 Å². The molecule has 0 aliphatic rings. The summed E-state index contributed by atoms with van der Waals surface area (Å²) in [5.74, 6) is 0. The van der Waals surface area contributed by atoms with Gasteiger partial charge in [-0.25, -0.2) is 0 Å². The highest BCUT2D eigenvalue weighted by atomic mass is 19.4. The molecule has 3 nitrogen and oxygen atoms in total. The van der Waals surface area contributed by atoms with Gasteiger partial charge < -0.3 is 4.98 Å². The fourth-order valence-electron chi connectivity index (χ4n) is 1.02. The Bertz CT molecular complexity index is 427. The van der Waals surface area contributed by atoms with Crippen LogP contribution in [0.5, 0.6) is 0 Å². The van der Waals surface area contributed by atoms with E-state index in [4.69, 9.17) is 5.26 Å². The zero-order valence-electron chi connectivity index (χ0n) is 6.85. The fourth-order valence-corrected chi connectivity index (χ4v) is 1.02.